The number of halogens is 2. The predicted octanol–water partition coefficient (Wildman–Crippen LogP) is 10.6. The minimum atomic E-state index is -0.868. The average Bonchev–Trinajstić information content (AvgIpc) is 3.04. The molecule has 0 atom stereocenters. The lowest BCUT2D eigenvalue weighted by molar-refractivity contribution is -0.107. The smallest absolute Gasteiger partial charge is 0.166 e. The molecule has 0 bridgehead atoms. The summed E-state index contributed by atoms with van der Waals surface area (Å²) in [6, 6.07) is 8.75. The molecule has 44 heavy (non-hydrogen) atoms. The van der Waals surface area contributed by atoms with E-state index in [1.165, 1.54) is 32.0 Å². The van der Waals surface area contributed by atoms with Gasteiger partial charge in [0, 0.05) is 29.4 Å². The molecule has 1 N–H and O–H groups in total. The van der Waals surface area contributed by atoms with Crippen molar-refractivity contribution in [2.45, 2.75) is 88.0 Å². The molecular weight excluding hydrogens is 554 g/mol. The number of terminal acetylenes is 1. The van der Waals surface area contributed by atoms with E-state index in [0.717, 1.165) is 29.7 Å². The van der Waals surface area contributed by atoms with Gasteiger partial charge in [0.05, 0.1) is 11.4 Å². The van der Waals surface area contributed by atoms with Crippen LogP contribution in [0.5, 0.6) is 0 Å². The third kappa shape index (κ3) is 16.3. The number of aldehydes is 1. The first-order valence-electron chi connectivity index (χ1n) is 14.8. The van der Waals surface area contributed by atoms with Gasteiger partial charge >= 0.3 is 0 Å². The first-order chi connectivity index (χ1) is 20.9. The van der Waals surface area contributed by atoms with E-state index in [1.54, 1.807) is 26.0 Å². The fourth-order valence-corrected chi connectivity index (χ4v) is 3.19. The third-order valence-corrected chi connectivity index (χ3v) is 5.93. The predicted molar refractivity (Wildman–Crippen MR) is 186 cm³/mol. The second kappa shape index (κ2) is 25.2. The molecule has 0 radical (unpaired) electrons. The van der Waals surface area contributed by atoms with Crippen LogP contribution in [-0.2, 0) is 11.2 Å². The van der Waals surface area contributed by atoms with Crippen molar-refractivity contribution in [1.29, 1.82) is 0 Å². The van der Waals surface area contributed by atoms with Crippen molar-refractivity contribution < 1.29 is 18.4 Å². The standard InChI is InChI=1S/C27H30F2N2O.C4H10.C4H4.C3H6O/c1-7-9-10-25(31-22-12-14-24(20(6)32)21(8-2)15-22)19(5)30-16-18(4)23-13-11-17(3)26(28)27(23)29;2*1-3-4-2;1-2-3-4/h7,9-16,31H,8H2,1-6H3;3-4H2,1-2H3;1,4H,2H2;3H,2H2,1H3/b9-7-,18-16+,25-10+,30-19+;;;. The molecule has 2 aromatic rings. The Kier molecular flexibility index (Phi) is 23.9. The number of ketones is 1. The molecule has 0 fully saturated rings. The number of allylic oxidation sites excluding steroid dienone is 6. The van der Waals surface area contributed by atoms with Crippen LogP contribution in [0.3, 0.4) is 0 Å². The molecular formula is C38H50F2N2O2. The van der Waals surface area contributed by atoms with Gasteiger partial charge in [0.25, 0.3) is 0 Å². The number of aryl methyl sites for hydroxylation is 2. The maximum Gasteiger partial charge on any atom is 0.166 e. The lowest BCUT2D eigenvalue weighted by atomic mass is 10.0. The average molecular weight is 605 g/mol. The second-order valence-electron chi connectivity index (χ2n) is 9.54. The Morgan fingerprint density at radius 3 is 2.05 bits per heavy atom. The molecule has 6 heteroatoms. The van der Waals surface area contributed by atoms with Gasteiger partial charge in [0.2, 0.25) is 0 Å². The number of anilines is 1. The zero-order valence-electron chi connectivity index (χ0n) is 28.0. The molecule has 4 nitrogen and oxygen atoms in total. The Morgan fingerprint density at radius 2 is 1.59 bits per heavy atom. The SMILES string of the molecule is C#CC=C.CCC=O.CCCC.C\C=C/C=C(Nc1ccc(C(C)=O)c(CC)c1)\C(C)=N\C=C(/C)c1ccc(C)c(F)c1F. The summed E-state index contributed by atoms with van der Waals surface area (Å²) in [5.41, 5.74) is 4.91. The van der Waals surface area contributed by atoms with Crippen molar-refractivity contribution in [3.63, 3.8) is 0 Å². The van der Waals surface area contributed by atoms with Crippen LogP contribution in [0.25, 0.3) is 5.57 Å². The molecule has 0 unspecified atom stereocenters. The number of carbonyl (C=O) groups is 2. The van der Waals surface area contributed by atoms with E-state index in [1.807, 2.05) is 64.1 Å². The molecule has 2 rings (SSSR count). The van der Waals surface area contributed by atoms with E-state index in [2.05, 4.69) is 43.1 Å². The monoisotopic (exact) mass is 604 g/mol. The van der Waals surface area contributed by atoms with Gasteiger partial charge in [-0.3, -0.25) is 9.79 Å². The summed E-state index contributed by atoms with van der Waals surface area (Å²) in [5.74, 6) is 0.523. The summed E-state index contributed by atoms with van der Waals surface area (Å²) in [5, 5.41) is 3.35. The van der Waals surface area contributed by atoms with Gasteiger partial charge in [-0.2, -0.15) is 0 Å². The highest BCUT2D eigenvalue weighted by Crippen LogP contribution is 2.23. The van der Waals surface area contributed by atoms with Gasteiger partial charge in [-0.05, 0) is 88.1 Å². The number of nitrogens with one attached hydrogen (secondary N) is 1. The van der Waals surface area contributed by atoms with E-state index in [0.29, 0.717) is 23.3 Å². The minimum absolute atomic E-state index is 0.0382. The van der Waals surface area contributed by atoms with Crippen LogP contribution in [0.2, 0.25) is 0 Å². The third-order valence-electron chi connectivity index (χ3n) is 5.93. The van der Waals surface area contributed by atoms with Crippen molar-refractivity contribution in [3.05, 3.63) is 107 Å². The Bertz CT molecular complexity index is 1360. The van der Waals surface area contributed by atoms with Crippen LogP contribution in [0.1, 0.15) is 102 Å². The van der Waals surface area contributed by atoms with Gasteiger partial charge in [-0.15, -0.1) is 6.42 Å². The maximum absolute atomic E-state index is 14.3. The summed E-state index contributed by atoms with van der Waals surface area (Å²) in [4.78, 5) is 25.5. The Morgan fingerprint density at radius 1 is 1.02 bits per heavy atom. The van der Waals surface area contributed by atoms with Gasteiger partial charge in [-0.25, -0.2) is 8.78 Å². The maximum atomic E-state index is 14.3. The summed E-state index contributed by atoms with van der Waals surface area (Å²) in [6.07, 6.45) is 18.2. The lowest BCUT2D eigenvalue weighted by Crippen LogP contribution is -2.09. The molecule has 0 amide bonds. The quantitative estimate of drug-likeness (QED) is 0.0965. The normalized spacial score (nSPS) is 11.1. The number of rotatable bonds is 10. The second-order valence-corrected chi connectivity index (χ2v) is 9.54. The molecule has 0 saturated carbocycles. The van der Waals surface area contributed by atoms with Crippen LogP contribution >= 0.6 is 0 Å². The number of benzene rings is 2. The van der Waals surface area contributed by atoms with E-state index in [9.17, 15) is 18.4 Å². The number of aliphatic imine (C=N–C) groups is 1. The minimum Gasteiger partial charge on any atom is -0.354 e. The van der Waals surface area contributed by atoms with Crippen molar-refractivity contribution in [2.75, 3.05) is 5.32 Å². The fourth-order valence-electron chi connectivity index (χ4n) is 3.19. The highest BCUT2D eigenvalue weighted by atomic mass is 19.2. The largest absolute Gasteiger partial charge is 0.354 e. The number of hydrogen-bond donors (Lipinski definition) is 1. The first-order valence-corrected chi connectivity index (χ1v) is 14.8. The highest BCUT2D eigenvalue weighted by molar-refractivity contribution is 6.02. The van der Waals surface area contributed by atoms with E-state index in [-0.39, 0.29) is 16.9 Å². The molecule has 0 aliphatic carbocycles. The zero-order chi connectivity index (χ0) is 34.1. The van der Waals surface area contributed by atoms with Crippen molar-refractivity contribution in [3.8, 4) is 12.3 Å². The van der Waals surface area contributed by atoms with Crippen molar-refractivity contribution >= 4 is 29.0 Å². The fraction of sp³-hybridized carbons (Fsp3) is 0.342. The zero-order valence-corrected chi connectivity index (χ0v) is 28.0. The summed E-state index contributed by atoms with van der Waals surface area (Å²) in [6.45, 7) is 20.0. The van der Waals surface area contributed by atoms with E-state index >= 15 is 0 Å². The van der Waals surface area contributed by atoms with Crippen LogP contribution in [0, 0.1) is 30.9 Å². The van der Waals surface area contributed by atoms with Gasteiger partial charge < -0.3 is 10.1 Å². The van der Waals surface area contributed by atoms with E-state index in [4.69, 9.17) is 0 Å². The Labute approximate surface area is 264 Å². The Hall–Kier alpha value is -4.37. The number of nitrogens with zero attached hydrogens (tertiary/aromatic N) is 1. The Balaban J connectivity index is 0. The van der Waals surface area contributed by atoms with Gasteiger partial charge in [0.1, 0.15) is 6.29 Å². The molecule has 0 aliphatic heterocycles. The molecule has 0 aromatic heterocycles. The molecule has 0 spiro atoms. The first kappa shape index (κ1) is 41.8. The number of hydrogen-bond acceptors (Lipinski definition) is 4. The number of Topliss-reactive ketones (excluding diaryl/α,β-unsaturated/α-hetero) is 1. The summed E-state index contributed by atoms with van der Waals surface area (Å²) >= 11 is 0. The van der Waals surface area contributed by atoms with Crippen LogP contribution < -0.4 is 5.32 Å². The topological polar surface area (TPSA) is 58.5 Å². The van der Waals surface area contributed by atoms with Crippen LogP contribution in [0.4, 0.5) is 14.5 Å². The van der Waals surface area contributed by atoms with E-state index < -0.39 is 11.6 Å². The molecule has 0 aliphatic rings. The molecule has 0 saturated heterocycles. The van der Waals surface area contributed by atoms with Crippen LogP contribution in [-0.4, -0.2) is 17.8 Å². The van der Waals surface area contributed by atoms with Gasteiger partial charge in [0.15, 0.2) is 17.4 Å². The molecule has 2 aromatic carbocycles. The molecule has 238 valence electrons. The highest BCUT2D eigenvalue weighted by Gasteiger charge is 2.12. The molecule has 0 heterocycles. The van der Waals surface area contributed by atoms with Crippen molar-refractivity contribution in [1.82, 2.24) is 0 Å². The lowest BCUT2D eigenvalue weighted by Gasteiger charge is -2.13. The van der Waals surface area contributed by atoms with Gasteiger partial charge in [-0.1, -0.05) is 77.3 Å². The number of carbonyl (C=O) groups excluding carboxylic acids is 2. The number of unbranched alkanes of at least 4 members (excludes halogenated alkanes) is 1. The summed E-state index contributed by atoms with van der Waals surface area (Å²) in [7, 11) is 0. The van der Waals surface area contributed by atoms with Crippen LogP contribution in [0.15, 0.2) is 78.1 Å². The van der Waals surface area contributed by atoms with Crippen molar-refractivity contribution in [2.24, 2.45) is 4.99 Å². The summed E-state index contributed by atoms with van der Waals surface area (Å²) < 4.78 is 28.2.